The number of carbonyl (C=O) groups is 1. The number of aromatic nitrogens is 2. The third-order valence-electron chi connectivity index (χ3n) is 3.35. The van der Waals surface area contributed by atoms with Crippen LogP contribution in [0.2, 0.25) is 0 Å². The Balaban J connectivity index is 1.63. The molecule has 24 heavy (non-hydrogen) atoms. The molecule has 8 nitrogen and oxygen atoms in total. The zero-order chi connectivity index (χ0) is 17.1. The van der Waals surface area contributed by atoms with E-state index in [1.54, 1.807) is 24.3 Å². The molecule has 0 spiro atoms. The van der Waals surface area contributed by atoms with E-state index in [4.69, 9.17) is 13.7 Å². The van der Waals surface area contributed by atoms with E-state index in [-0.39, 0.29) is 11.6 Å². The molecule has 0 saturated carbocycles. The van der Waals surface area contributed by atoms with Gasteiger partial charge in [-0.1, -0.05) is 6.92 Å². The Hall–Kier alpha value is -3.16. The summed E-state index contributed by atoms with van der Waals surface area (Å²) in [5.41, 5.74) is -0.998. The van der Waals surface area contributed by atoms with E-state index in [9.17, 15) is 14.4 Å². The normalized spacial score (nSPS) is 10.9. The Kier molecular flexibility index (Phi) is 4.28. The van der Waals surface area contributed by atoms with Gasteiger partial charge in [-0.15, -0.1) is 4.57 Å². The number of Topliss-reactive ketones (excluding diaryl/α,β-unsaturated/α-hetero) is 1. The summed E-state index contributed by atoms with van der Waals surface area (Å²) in [6.07, 6.45) is 2.33. The van der Waals surface area contributed by atoms with E-state index in [2.05, 4.69) is 4.98 Å². The third-order valence-corrected chi connectivity index (χ3v) is 3.35. The zero-order valence-electron chi connectivity index (χ0n) is 12.9. The van der Waals surface area contributed by atoms with Gasteiger partial charge in [-0.25, -0.2) is 9.59 Å². The van der Waals surface area contributed by atoms with Crippen LogP contribution in [0, 0.1) is 0 Å². The summed E-state index contributed by atoms with van der Waals surface area (Å²) in [6.45, 7) is 2.13. The molecule has 8 heteroatoms. The van der Waals surface area contributed by atoms with Gasteiger partial charge < -0.3 is 13.7 Å². The van der Waals surface area contributed by atoms with Gasteiger partial charge in [0.1, 0.15) is 5.75 Å². The SMILES string of the molecule is CCC(=O)c1ccc(OCCc2cn3oc(=O)c(=O)oc3n2)cc1. The number of fused-ring (bicyclic) bond motifs is 1. The number of hydrogen-bond donors (Lipinski definition) is 0. The molecule has 0 fully saturated rings. The van der Waals surface area contributed by atoms with Gasteiger partial charge in [0.25, 0.3) is 0 Å². The van der Waals surface area contributed by atoms with Gasteiger partial charge >= 0.3 is 17.1 Å². The second-order valence-electron chi connectivity index (χ2n) is 5.01. The fraction of sp³-hybridized carbons (Fsp3) is 0.250. The quantitative estimate of drug-likeness (QED) is 0.497. The molecule has 0 amide bonds. The maximum Gasteiger partial charge on any atom is 0.442 e. The number of ketones is 1. The van der Waals surface area contributed by atoms with Gasteiger partial charge in [0, 0.05) is 18.4 Å². The molecule has 0 unspecified atom stereocenters. The van der Waals surface area contributed by atoms with Gasteiger partial charge in [0.2, 0.25) is 0 Å². The van der Waals surface area contributed by atoms with Crippen LogP contribution in [-0.2, 0) is 6.42 Å². The molecule has 0 N–H and O–H groups in total. The lowest BCUT2D eigenvalue weighted by molar-refractivity contribution is 0.0988. The second-order valence-corrected chi connectivity index (χ2v) is 5.01. The van der Waals surface area contributed by atoms with Crippen molar-refractivity contribution in [2.45, 2.75) is 19.8 Å². The summed E-state index contributed by atoms with van der Waals surface area (Å²) in [5, 5.41) is 0. The average Bonchev–Trinajstić information content (AvgIpc) is 2.96. The number of carbonyl (C=O) groups excluding carboxylic acids is 1. The van der Waals surface area contributed by atoms with Crippen LogP contribution >= 0.6 is 0 Å². The summed E-state index contributed by atoms with van der Waals surface area (Å²) in [5.74, 6) is 0.621. The van der Waals surface area contributed by atoms with Gasteiger partial charge in [-0.2, -0.15) is 4.98 Å². The second kappa shape index (κ2) is 6.53. The number of benzene rings is 1. The molecule has 0 radical (unpaired) electrons. The van der Waals surface area contributed by atoms with Crippen LogP contribution in [0.15, 0.2) is 49.0 Å². The highest BCUT2D eigenvalue weighted by atomic mass is 16.6. The summed E-state index contributed by atoms with van der Waals surface area (Å²) in [7, 11) is 0. The van der Waals surface area contributed by atoms with Gasteiger partial charge in [0.05, 0.1) is 18.5 Å². The maximum absolute atomic E-state index is 11.5. The molecule has 124 valence electrons. The van der Waals surface area contributed by atoms with E-state index in [0.717, 1.165) is 4.57 Å². The van der Waals surface area contributed by atoms with Crippen molar-refractivity contribution in [1.82, 2.24) is 9.56 Å². The Morgan fingerprint density at radius 2 is 1.96 bits per heavy atom. The Labute approximate surface area is 135 Å². The molecule has 2 aromatic heterocycles. The van der Waals surface area contributed by atoms with Crippen LogP contribution in [0.1, 0.15) is 29.4 Å². The highest BCUT2D eigenvalue weighted by molar-refractivity contribution is 5.95. The molecule has 3 aromatic rings. The van der Waals surface area contributed by atoms with Crippen LogP contribution in [0.4, 0.5) is 0 Å². The molecular weight excluding hydrogens is 316 g/mol. The fourth-order valence-electron chi connectivity index (χ4n) is 2.11. The fourth-order valence-corrected chi connectivity index (χ4v) is 2.11. The molecule has 0 atom stereocenters. The number of imidazole rings is 1. The summed E-state index contributed by atoms with van der Waals surface area (Å²) < 4.78 is 16.0. The minimum absolute atomic E-state index is 0.0780. The lowest BCUT2D eigenvalue weighted by Crippen LogP contribution is -2.22. The number of rotatable bonds is 6. The molecule has 0 aliphatic carbocycles. The van der Waals surface area contributed by atoms with Crippen molar-refractivity contribution in [3.8, 4) is 5.75 Å². The summed E-state index contributed by atoms with van der Waals surface area (Å²) >= 11 is 0. The van der Waals surface area contributed by atoms with E-state index in [1.165, 1.54) is 6.20 Å². The Morgan fingerprint density at radius 1 is 1.21 bits per heavy atom. The molecule has 3 rings (SSSR count). The number of nitrogens with zero attached hydrogens (tertiary/aromatic N) is 2. The first-order valence-electron chi connectivity index (χ1n) is 7.35. The van der Waals surface area contributed by atoms with Gasteiger partial charge in [-0.3, -0.25) is 4.79 Å². The van der Waals surface area contributed by atoms with Crippen LogP contribution in [-0.4, -0.2) is 21.9 Å². The van der Waals surface area contributed by atoms with Crippen molar-refractivity contribution in [2.75, 3.05) is 6.61 Å². The lowest BCUT2D eigenvalue weighted by Gasteiger charge is -2.05. The minimum atomic E-state index is -1.10. The van der Waals surface area contributed by atoms with Gasteiger partial charge in [-0.05, 0) is 24.3 Å². The highest BCUT2D eigenvalue weighted by Crippen LogP contribution is 2.14. The topological polar surface area (TPSA) is 104 Å². The Bertz CT molecular complexity index is 933. The van der Waals surface area contributed by atoms with Crippen molar-refractivity contribution >= 4 is 11.6 Å². The molecule has 0 bridgehead atoms. The first-order valence-corrected chi connectivity index (χ1v) is 7.35. The molecule has 0 aliphatic rings. The van der Waals surface area contributed by atoms with Crippen LogP contribution < -0.4 is 16.0 Å². The van der Waals surface area contributed by atoms with Crippen molar-refractivity contribution in [2.24, 2.45) is 0 Å². The maximum atomic E-state index is 11.5. The number of hydrogen-bond acceptors (Lipinski definition) is 7. The first-order chi connectivity index (χ1) is 11.6. The van der Waals surface area contributed by atoms with Crippen LogP contribution in [0.5, 0.6) is 5.75 Å². The third kappa shape index (κ3) is 3.27. The Morgan fingerprint density at radius 3 is 2.67 bits per heavy atom. The standard InChI is InChI=1S/C16H14N2O6/c1-2-13(19)10-3-5-12(6-4-10)22-8-7-11-9-18-16(17-11)23-14(20)15(21)24-18/h3-6,9H,2,7-8H2,1H3. The minimum Gasteiger partial charge on any atom is -0.493 e. The van der Waals surface area contributed by atoms with E-state index in [1.807, 2.05) is 6.92 Å². The average molecular weight is 330 g/mol. The van der Waals surface area contributed by atoms with Gasteiger partial charge in [0.15, 0.2) is 5.78 Å². The highest BCUT2D eigenvalue weighted by Gasteiger charge is 2.09. The molecule has 1 aromatic carbocycles. The van der Waals surface area contributed by atoms with Crippen molar-refractivity contribution in [3.63, 3.8) is 0 Å². The molecule has 0 saturated heterocycles. The predicted octanol–water partition coefficient (Wildman–Crippen LogP) is 1.45. The van der Waals surface area contributed by atoms with Crippen molar-refractivity contribution in [3.05, 3.63) is 62.6 Å². The zero-order valence-corrected chi connectivity index (χ0v) is 12.9. The van der Waals surface area contributed by atoms with E-state index < -0.39 is 11.3 Å². The first kappa shape index (κ1) is 15.7. The smallest absolute Gasteiger partial charge is 0.442 e. The monoisotopic (exact) mass is 330 g/mol. The molecule has 0 aliphatic heterocycles. The van der Waals surface area contributed by atoms with Crippen LogP contribution in [0.3, 0.4) is 0 Å². The lowest BCUT2D eigenvalue weighted by atomic mass is 10.1. The van der Waals surface area contributed by atoms with E-state index >= 15 is 0 Å². The van der Waals surface area contributed by atoms with Crippen LogP contribution in [0.25, 0.3) is 5.84 Å². The largest absolute Gasteiger partial charge is 0.493 e. The van der Waals surface area contributed by atoms with E-state index in [0.29, 0.717) is 36.5 Å². The summed E-state index contributed by atoms with van der Waals surface area (Å²) in [4.78, 5) is 37.7. The molecule has 2 heterocycles. The number of ether oxygens (including phenoxy) is 1. The van der Waals surface area contributed by atoms with Crippen molar-refractivity contribution < 1.29 is 18.5 Å². The predicted molar refractivity (Wildman–Crippen MR) is 82.5 cm³/mol. The van der Waals surface area contributed by atoms with Crippen molar-refractivity contribution in [1.29, 1.82) is 0 Å². The summed E-state index contributed by atoms with van der Waals surface area (Å²) in [6, 6.07) is 6.89. The molecular formula is C16H14N2O6.